The molecule has 0 atom stereocenters. The van der Waals surface area contributed by atoms with E-state index in [-0.39, 0.29) is 6.61 Å². The molecule has 0 spiro atoms. The van der Waals surface area contributed by atoms with Crippen LogP contribution in [0.5, 0.6) is 0 Å². The van der Waals surface area contributed by atoms with Gasteiger partial charge in [0.1, 0.15) is 0 Å². The van der Waals surface area contributed by atoms with Gasteiger partial charge in [-0.15, -0.1) is 0 Å². The number of ether oxygens (including phenoxy) is 1. The van der Waals surface area contributed by atoms with Gasteiger partial charge >= 0.3 is 5.97 Å². The second-order valence-electron chi connectivity index (χ2n) is 4.55. The maximum atomic E-state index is 11.7. The number of hydrogen-bond donors (Lipinski definition) is 1. The largest absolute Gasteiger partial charge is 0.452 e. The predicted octanol–water partition coefficient (Wildman–Crippen LogP) is 4.19. The fourth-order valence-corrected chi connectivity index (χ4v) is 2.00. The highest BCUT2D eigenvalue weighted by atomic mass is 35.5. The van der Waals surface area contributed by atoms with Gasteiger partial charge in [-0.3, -0.25) is 4.79 Å². The van der Waals surface area contributed by atoms with E-state index < -0.39 is 11.9 Å². The fourth-order valence-electron chi connectivity index (χ4n) is 1.69. The molecule has 0 radical (unpaired) electrons. The summed E-state index contributed by atoms with van der Waals surface area (Å²) in [5.74, 6) is -1.05. The van der Waals surface area contributed by atoms with Gasteiger partial charge in [-0.25, -0.2) is 4.79 Å². The van der Waals surface area contributed by atoms with Gasteiger partial charge in [0.2, 0.25) is 0 Å². The maximum absolute atomic E-state index is 11.7. The van der Waals surface area contributed by atoms with Crippen LogP contribution in [-0.2, 0) is 14.3 Å². The van der Waals surface area contributed by atoms with E-state index in [9.17, 15) is 9.59 Å². The van der Waals surface area contributed by atoms with Crippen LogP contribution in [0, 0.1) is 0 Å². The molecule has 0 aromatic heterocycles. The number of benzene rings is 2. The fraction of sp³-hybridized carbons (Fsp3) is 0.0588. The Morgan fingerprint density at radius 1 is 1.04 bits per heavy atom. The zero-order valence-corrected chi connectivity index (χ0v) is 13.5. The van der Waals surface area contributed by atoms with Crippen molar-refractivity contribution in [3.8, 4) is 0 Å². The quantitative estimate of drug-likeness (QED) is 0.650. The number of carbonyl (C=O) groups excluding carboxylic acids is 2. The van der Waals surface area contributed by atoms with E-state index in [1.54, 1.807) is 54.6 Å². The summed E-state index contributed by atoms with van der Waals surface area (Å²) in [4.78, 5) is 23.2. The molecule has 0 aliphatic carbocycles. The normalized spacial score (nSPS) is 10.5. The van der Waals surface area contributed by atoms with Crippen molar-refractivity contribution in [2.45, 2.75) is 0 Å². The SMILES string of the molecule is O=C(COC(=O)/C=C/c1ccc(Cl)cc1)Nc1cccc(Cl)c1. The number of nitrogens with one attached hydrogen (secondary N) is 1. The first kappa shape index (κ1) is 17.1. The van der Waals surface area contributed by atoms with Crippen molar-refractivity contribution in [1.82, 2.24) is 0 Å². The Kier molecular flexibility index (Phi) is 6.20. The second-order valence-corrected chi connectivity index (χ2v) is 5.42. The molecule has 0 aliphatic rings. The van der Waals surface area contributed by atoms with Crippen LogP contribution in [0.25, 0.3) is 6.08 Å². The van der Waals surface area contributed by atoms with E-state index in [1.165, 1.54) is 6.08 Å². The van der Waals surface area contributed by atoms with Gasteiger partial charge in [0.05, 0.1) is 0 Å². The standard InChI is InChI=1S/C17H13Cl2NO3/c18-13-7-4-12(5-8-13)6-9-17(22)23-11-16(21)20-15-3-1-2-14(19)10-15/h1-10H,11H2,(H,20,21)/b9-6+. The summed E-state index contributed by atoms with van der Waals surface area (Å²) in [7, 11) is 0. The number of amides is 1. The van der Waals surface area contributed by atoms with Crippen molar-refractivity contribution < 1.29 is 14.3 Å². The Bertz CT molecular complexity index is 727. The zero-order valence-electron chi connectivity index (χ0n) is 12.0. The smallest absolute Gasteiger partial charge is 0.331 e. The maximum Gasteiger partial charge on any atom is 0.331 e. The van der Waals surface area contributed by atoms with Crippen LogP contribution >= 0.6 is 23.2 Å². The predicted molar refractivity (Wildman–Crippen MR) is 91.5 cm³/mol. The molecule has 0 heterocycles. The summed E-state index contributed by atoms with van der Waals surface area (Å²) in [5, 5.41) is 3.70. The van der Waals surface area contributed by atoms with E-state index in [1.807, 2.05) is 0 Å². The first-order chi connectivity index (χ1) is 11.0. The molecule has 2 aromatic carbocycles. The Hall–Kier alpha value is -2.30. The molecule has 2 rings (SSSR count). The van der Waals surface area contributed by atoms with Crippen LogP contribution < -0.4 is 5.32 Å². The lowest BCUT2D eigenvalue weighted by Gasteiger charge is -2.05. The number of rotatable bonds is 5. The van der Waals surface area contributed by atoms with Crippen LogP contribution in [0.2, 0.25) is 10.0 Å². The lowest BCUT2D eigenvalue weighted by atomic mass is 10.2. The highest BCUT2D eigenvalue weighted by Gasteiger charge is 2.06. The van der Waals surface area contributed by atoms with Crippen molar-refractivity contribution in [1.29, 1.82) is 0 Å². The third-order valence-electron chi connectivity index (χ3n) is 2.74. The number of esters is 1. The molecule has 0 bridgehead atoms. The molecular formula is C17H13Cl2NO3. The van der Waals surface area contributed by atoms with Gasteiger partial charge in [-0.1, -0.05) is 41.4 Å². The molecular weight excluding hydrogens is 337 g/mol. The molecule has 0 unspecified atom stereocenters. The van der Waals surface area contributed by atoms with E-state index in [2.05, 4.69) is 5.32 Å². The summed E-state index contributed by atoms with van der Waals surface area (Å²) < 4.78 is 4.85. The summed E-state index contributed by atoms with van der Waals surface area (Å²) >= 11 is 11.6. The highest BCUT2D eigenvalue weighted by Crippen LogP contribution is 2.14. The lowest BCUT2D eigenvalue weighted by Crippen LogP contribution is -2.20. The zero-order chi connectivity index (χ0) is 16.7. The molecule has 23 heavy (non-hydrogen) atoms. The highest BCUT2D eigenvalue weighted by molar-refractivity contribution is 6.31. The van der Waals surface area contributed by atoms with Gasteiger partial charge < -0.3 is 10.1 Å². The summed E-state index contributed by atoms with van der Waals surface area (Å²) in [6, 6.07) is 13.6. The third kappa shape index (κ3) is 6.14. The Morgan fingerprint density at radius 3 is 2.48 bits per heavy atom. The van der Waals surface area contributed by atoms with Gasteiger partial charge in [0.25, 0.3) is 5.91 Å². The molecule has 6 heteroatoms. The van der Waals surface area contributed by atoms with E-state index >= 15 is 0 Å². The van der Waals surface area contributed by atoms with Gasteiger partial charge in [0, 0.05) is 21.8 Å². The van der Waals surface area contributed by atoms with Crippen molar-refractivity contribution in [3.05, 3.63) is 70.2 Å². The van der Waals surface area contributed by atoms with Crippen molar-refractivity contribution >= 4 is 46.8 Å². The van der Waals surface area contributed by atoms with Crippen LogP contribution in [0.4, 0.5) is 5.69 Å². The van der Waals surface area contributed by atoms with Crippen LogP contribution in [0.3, 0.4) is 0 Å². The van der Waals surface area contributed by atoms with Crippen molar-refractivity contribution in [3.63, 3.8) is 0 Å². The molecule has 0 fully saturated rings. The minimum absolute atomic E-state index is 0.379. The summed E-state index contributed by atoms with van der Waals surface area (Å²) in [5.41, 5.74) is 1.34. The van der Waals surface area contributed by atoms with Gasteiger partial charge in [-0.2, -0.15) is 0 Å². The van der Waals surface area contributed by atoms with Crippen LogP contribution in [0.15, 0.2) is 54.6 Å². The Balaban J connectivity index is 1.79. The van der Waals surface area contributed by atoms with Crippen molar-refractivity contribution in [2.75, 3.05) is 11.9 Å². The number of carbonyl (C=O) groups is 2. The molecule has 2 aromatic rings. The average Bonchev–Trinajstić information content (AvgIpc) is 2.52. The summed E-state index contributed by atoms with van der Waals surface area (Å²) in [6.45, 7) is -0.379. The van der Waals surface area contributed by atoms with Gasteiger partial charge in [-0.05, 0) is 42.0 Å². The van der Waals surface area contributed by atoms with Crippen LogP contribution in [0.1, 0.15) is 5.56 Å². The number of halogens is 2. The first-order valence-corrected chi connectivity index (χ1v) is 7.44. The first-order valence-electron chi connectivity index (χ1n) is 6.69. The van der Waals surface area contributed by atoms with Crippen molar-refractivity contribution in [2.24, 2.45) is 0 Å². The molecule has 1 amide bonds. The monoisotopic (exact) mass is 349 g/mol. The molecule has 0 aliphatic heterocycles. The topological polar surface area (TPSA) is 55.4 Å². The molecule has 118 valence electrons. The lowest BCUT2D eigenvalue weighted by molar-refractivity contribution is -0.142. The molecule has 0 saturated carbocycles. The average molecular weight is 350 g/mol. The number of hydrogen-bond acceptors (Lipinski definition) is 3. The minimum atomic E-state index is -0.610. The molecule has 1 N–H and O–H groups in total. The molecule has 0 saturated heterocycles. The Morgan fingerprint density at radius 2 is 1.78 bits per heavy atom. The summed E-state index contributed by atoms with van der Waals surface area (Å²) in [6.07, 6.45) is 2.82. The molecule has 4 nitrogen and oxygen atoms in total. The van der Waals surface area contributed by atoms with E-state index in [0.29, 0.717) is 15.7 Å². The minimum Gasteiger partial charge on any atom is -0.452 e. The second kappa shape index (κ2) is 8.36. The van der Waals surface area contributed by atoms with Gasteiger partial charge in [0.15, 0.2) is 6.61 Å². The van der Waals surface area contributed by atoms with E-state index in [0.717, 1.165) is 5.56 Å². The number of anilines is 1. The third-order valence-corrected chi connectivity index (χ3v) is 3.22. The van der Waals surface area contributed by atoms with Crippen LogP contribution in [-0.4, -0.2) is 18.5 Å². The van der Waals surface area contributed by atoms with E-state index in [4.69, 9.17) is 27.9 Å². The Labute approximate surface area is 143 Å².